The van der Waals surface area contributed by atoms with Crippen molar-refractivity contribution in [3.8, 4) is 0 Å². The van der Waals surface area contributed by atoms with Crippen LogP contribution in [0.2, 0.25) is 0 Å². The summed E-state index contributed by atoms with van der Waals surface area (Å²) in [5.74, 6) is 1.60. The highest BCUT2D eigenvalue weighted by Crippen LogP contribution is 2.28. The third-order valence-corrected chi connectivity index (χ3v) is 4.33. The molecule has 4 nitrogen and oxygen atoms in total. The van der Waals surface area contributed by atoms with E-state index in [4.69, 9.17) is 0 Å². The third-order valence-electron chi connectivity index (χ3n) is 4.33. The molecule has 1 amide bonds. The van der Waals surface area contributed by atoms with Crippen LogP contribution < -0.4 is 10.6 Å². The Morgan fingerprint density at radius 2 is 1.88 bits per heavy atom. The molecule has 0 aromatic carbocycles. The summed E-state index contributed by atoms with van der Waals surface area (Å²) in [6.07, 6.45) is 5.11. The molecule has 0 unspecified atom stereocenters. The predicted octanol–water partition coefficient (Wildman–Crippen LogP) is 0.196. The molecule has 0 aromatic rings. The Labute approximate surface area is 103 Å². The highest BCUT2D eigenvalue weighted by atomic mass is 16.2. The monoisotopic (exact) mass is 237 g/mol. The molecule has 4 heteroatoms. The number of carbonyl (C=O) groups is 1. The number of hydrogen-bond acceptors (Lipinski definition) is 3. The average molecular weight is 237 g/mol. The van der Waals surface area contributed by atoms with Gasteiger partial charge in [0.05, 0.1) is 5.92 Å². The first-order valence-corrected chi connectivity index (χ1v) is 7.06. The lowest BCUT2D eigenvalue weighted by atomic mass is 9.98. The highest BCUT2D eigenvalue weighted by Gasteiger charge is 2.31. The van der Waals surface area contributed by atoms with E-state index in [0.29, 0.717) is 11.9 Å². The number of rotatable bonds is 4. The van der Waals surface area contributed by atoms with Gasteiger partial charge in [-0.3, -0.25) is 4.79 Å². The molecule has 0 bridgehead atoms. The van der Waals surface area contributed by atoms with Crippen molar-refractivity contribution in [3.05, 3.63) is 0 Å². The number of amides is 1. The Bertz CT molecular complexity index is 278. The van der Waals surface area contributed by atoms with Gasteiger partial charge in [0, 0.05) is 32.2 Å². The van der Waals surface area contributed by atoms with Gasteiger partial charge in [0.15, 0.2) is 0 Å². The molecule has 0 radical (unpaired) electrons. The number of hydrogen-bond donors (Lipinski definition) is 2. The smallest absolute Gasteiger partial charge is 0.228 e. The van der Waals surface area contributed by atoms with Crippen LogP contribution in [0, 0.1) is 11.8 Å². The normalized spacial score (nSPS) is 26.9. The first kappa shape index (κ1) is 11.5. The standard InChI is InChI=1S/C13H23N3O/c17-13(11-8-14-9-11)16-5-3-12(4-6-16)15-7-10-1-2-10/h10-12,14-15H,1-9H2. The fourth-order valence-electron chi connectivity index (χ4n) is 2.68. The topological polar surface area (TPSA) is 44.4 Å². The Hall–Kier alpha value is -0.610. The van der Waals surface area contributed by atoms with Crippen molar-refractivity contribution in [2.45, 2.75) is 31.7 Å². The molecule has 2 N–H and O–H groups in total. The van der Waals surface area contributed by atoms with Crippen LogP contribution >= 0.6 is 0 Å². The SMILES string of the molecule is O=C(C1CNC1)N1CCC(NCC2CC2)CC1. The fourth-order valence-corrected chi connectivity index (χ4v) is 2.68. The van der Waals surface area contributed by atoms with Gasteiger partial charge in [-0.1, -0.05) is 0 Å². The molecule has 17 heavy (non-hydrogen) atoms. The molecule has 2 saturated heterocycles. The number of nitrogens with zero attached hydrogens (tertiary/aromatic N) is 1. The average Bonchev–Trinajstić information content (AvgIpc) is 3.08. The Kier molecular flexibility index (Phi) is 3.34. The van der Waals surface area contributed by atoms with Crippen molar-refractivity contribution in [2.75, 3.05) is 32.7 Å². The van der Waals surface area contributed by atoms with Crippen molar-refractivity contribution in [1.29, 1.82) is 0 Å². The second kappa shape index (κ2) is 4.94. The molecule has 3 aliphatic rings. The van der Waals surface area contributed by atoms with Crippen LogP contribution in [0.15, 0.2) is 0 Å². The second-order valence-corrected chi connectivity index (χ2v) is 5.81. The van der Waals surface area contributed by atoms with Gasteiger partial charge in [0.25, 0.3) is 0 Å². The molecule has 2 heterocycles. The maximum absolute atomic E-state index is 12.0. The van der Waals surface area contributed by atoms with Gasteiger partial charge in [0.1, 0.15) is 0 Å². The summed E-state index contributed by atoms with van der Waals surface area (Å²) in [5.41, 5.74) is 0. The zero-order chi connectivity index (χ0) is 11.7. The van der Waals surface area contributed by atoms with Crippen molar-refractivity contribution >= 4 is 5.91 Å². The van der Waals surface area contributed by atoms with E-state index in [2.05, 4.69) is 15.5 Å². The van der Waals surface area contributed by atoms with E-state index in [9.17, 15) is 4.79 Å². The van der Waals surface area contributed by atoms with E-state index in [1.54, 1.807) is 0 Å². The molecule has 1 aliphatic carbocycles. The summed E-state index contributed by atoms with van der Waals surface area (Å²) in [7, 11) is 0. The maximum Gasteiger partial charge on any atom is 0.228 e. The van der Waals surface area contributed by atoms with Crippen LogP contribution in [-0.2, 0) is 4.79 Å². The summed E-state index contributed by atoms with van der Waals surface area (Å²) in [6, 6.07) is 0.652. The minimum Gasteiger partial charge on any atom is -0.342 e. The summed E-state index contributed by atoms with van der Waals surface area (Å²) in [5, 5.41) is 6.82. The van der Waals surface area contributed by atoms with Crippen molar-refractivity contribution in [3.63, 3.8) is 0 Å². The second-order valence-electron chi connectivity index (χ2n) is 5.81. The van der Waals surface area contributed by atoms with Gasteiger partial charge in [-0.25, -0.2) is 0 Å². The van der Waals surface area contributed by atoms with Crippen LogP contribution in [0.25, 0.3) is 0 Å². The quantitative estimate of drug-likeness (QED) is 0.734. The lowest BCUT2D eigenvalue weighted by Crippen LogP contribution is -2.54. The van der Waals surface area contributed by atoms with E-state index < -0.39 is 0 Å². The van der Waals surface area contributed by atoms with E-state index in [-0.39, 0.29) is 5.92 Å². The summed E-state index contributed by atoms with van der Waals surface area (Å²) >= 11 is 0. The lowest BCUT2D eigenvalue weighted by Gasteiger charge is -2.37. The van der Waals surface area contributed by atoms with Gasteiger partial charge in [0.2, 0.25) is 5.91 Å². The predicted molar refractivity (Wildman–Crippen MR) is 66.7 cm³/mol. The summed E-state index contributed by atoms with van der Waals surface area (Å²) in [4.78, 5) is 14.1. The molecule has 3 rings (SSSR count). The molecule has 3 fully saturated rings. The van der Waals surface area contributed by atoms with Crippen LogP contribution in [0.4, 0.5) is 0 Å². The van der Waals surface area contributed by atoms with Crippen molar-refractivity contribution < 1.29 is 4.79 Å². The van der Waals surface area contributed by atoms with Crippen LogP contribution in [0.3, 0.4) is 0 Å². The van der Waals surface area contributed by atoms with E-state index in [1.165, 1.54) is 19.4 Å². The Morgan fingerprint density at radius 3 is 2.41 bits per heavy atom. The molecule has 1 saturated carbocycles. The molecule has 0 aromatic heterocycles. The first-order valence-electron chi connectivity index (χ1n) is 7.06. The largest absolute Gasteiger partial charge is 0.342 e. The van der Waals surface area contributed by atoms with Gasteiger partial charge in [-0.2, -0.15) is 0 Å². The van der Waals surface area contributed by atoms with Crippen molar-refractivity contribution in [2.24, 2.45) is 11.8 Å². The first-order chi connectivity index (χ1) is 8.33. The summed E-state index contributed by atoms with van der Waals surface area (Å²) in [6.45, 7) is 4.89. The molecule has 96 valence electrons. The lowest BCUT2D eigenvalue weighted by molar-refractivity contribution is -0.138. The van der Waals surface area contributed by atoms with Gasteiger partial charge >= 0.3 is 0 Å². The van der Waals surface area contributed by atoms with Gasteiger partial charge in [-0.15, -0.1) is 0 Å². The Balaban J connectivity index is 1.38. The van der Waals surface area contributed by atoms with E-state index >= 15 is 0 Å². The number of nitrogens with one attached hydrogen (secondary N) is 2. The maximum atomic E-state index is 12.0. The van der Waals surface area contributed by atoms with E-state index in [1.807, 2.05) is 0 Å². The van der Waals surface area contributed by atoms with Crippen LogP contribution in [0.5, 0.6) is 0 Å². The molecule has 2 aliphatic heterocycles. The van der Waals surface area contributed by atoms with Gasteiger partial charge < -0.3 is 15.5 Å². The van der Waals surface area contributed by atoms with Gasteiger partial charge in [-0.05, 0) is 38.1 Å². The molecular weight excluding hydrogens is 214 g/mol. The van der Waals surface area contributed by atoms with Crippen LogP contribution in [-0.4, -0.2) is 49.6 Å². The third kappa shape index (κ3) is 2.80. The number of likely N-dealkylation sites (tertiary alicyclic amines) is 1. The highest BCUT2D eigenvalue weighted by molar-refractivity contribution is 5.80. The minimum atomic E-state index is 0.269. The molecule has 0 atom stereocenters. The summed E-state index contributed by atoms with van der Waals surface area (Å²) < 4.78 is 0. The zero-order valence-corrected chi connectivity index (χ0v) is 10.5. The van der Waals surface area contributed by atoms with Crippen LogP contribution in [0.1, 0.15) is 25.7 Å². The molecule has 0 spiro atoms. The fraction of sp³-hybridized carbons (Fsp3) is 0.923. The Morgan fingerprint density at radius 1 is 1.18 bits per heavy atom. The number of carbonyl (C=O) groups excluding carboxylic acids is 1. The van der Waals surface area contributed by atoms with E-state index in [0.717, 1.165) is 44.9 Å². The zero-order valence-electron chi connectivity index (χ0n) is 10.5. The molecular formula is C13H23N3O. The minimum absolute atomic E-state index is 0.269. The number of piperidine rings is 1. The van der Waals surface area contributed by atoms with Crippen molar-refractivity contribution in [1.82, 2.24) is 15.5 Å².